The van der Waals surface area contributed by atoms with Crippen molar-refractivity contribution in [3.8, 4) is 11.8 Å². The molecule has 2 N–H and O–H groups in total. The van der Waals surface area contributed by atoms with Crippen LogP contribution in [-0.4, -0.2) is 54.3 Å². The predicted octanol–water partition coefficient (Wildman–Crippen LogP) is 0.363. The van der Waals surface area contributed by atoms with Gasteiger partial charge in [-0.25, -0.2) is 0 Å². The molecule has 0 aliphatic carbocycles. The standard InChI is InChI=1S/C14H17N3O2S/c1-11(18)16-5-7-17(8-6-16)14(19)12-9-13(20-10-12)3-2-4-15/h9-10H,4-8,15H2,1H3. The van der Waals surface area contributed by atoms with Gasteiger partial charge in [-0.2, -0.15) is 0 Å². The van der Waals surface area contributed by atoms with Gasteiger partial charge in [0.1, 0.15) is 0 Å². The van der Waals surface area contributed by atoms with Crippen molar-refractivity contribution in [2.45, 2.75) is 6.92 Å². The molecule has 5 nitrogen and oxygen atoms in total. The second-order valence-electron chi connectivity index (χ2n) is 4.50. The van der Waals surface area contributed by atoms with E-state index in [1.807, 2.05) is 5.38 Å². The number of piperazine rings is 1. The first-order valence-corrected chi connectivity index (χ1v) is 7.32. The first kappa shape index (κ1) is 14.6. The number of rotatable bonds is 1. The number of amides is 2. The van der Waals surface area contributed by atoms with Gasteiger partial charge in [-0.05, 0) is 6.07 Å². The Kier molecular flexibility index (Phi) is 4.77. The van der Waals surface area contributed by atoms with E-state index < -0.39 is 0 Å². The Hall–Kier alpha value is -1.84. The molecular formula is C14H17N3O2S. The van der Waals surface area contributed by atoms with Gasteiger partial charge in [0.25, 0.3) is 5.91 Å². The van der Waals surface area contributed by atoms with E-state index in [1.165, 1.54) is 11.3 Å². The summed E-state index contributed by atoms with van der Waals surface area (Å²) in [5.74, 6) is 5.77. The van der Waals surface area contributed by atoms with Crippen LogP contribution in [0.15, 0.2) is 11.4 Å². The third kappa shape index (κ3) is 3.38. The van der Waals surface area contributed by atoms with E-state index in [2.05, 4.69) is 11.8 Å². The van der Waals surface area contributed by atoms with Crippen LogP contribution in [0.1, 0.15) is 22.2 Å². The summed E-state index contributed by atoms with van der Waals surface area (Å²) in [7, 11) is 0. The molecule has 6 heteroatoms. The van der Waals surface area contributed by atoms with E-state index in [0.29, 0.717) is 38.3 Å². The largest absolute Gasteiger partial charge is 0.339 e. The van der Waals surface area contributed by atoms with E-state index in [9.17, 15) is 9.59 Å². The molecule has 0 unspecified atom stereocenters. The molecule has 2 rings (SSSR count). The quantitative estimate of drug-likeness (QED) is 0.760. The fourth-order valence-corrected chi connectivity index (χ4v) is 2.81. The highest BCUT2D eigenvalue weighted by atomic mass is 32.1. The molecule has 1 aromatic heterocycles. The summed E-state index contributed by atoms with van der Waals surface area (Å²) in [5.41, 5.74) is 5.98. The number of nitrogens with zero attached hydrogens (tertiary/aromatic N) is 2. The van der Waals surface area contributed by atoms with E-state index in [0.717, 1.165) is 4.88 Å². The van der Waals surface area contributed by atoms with E-state index in [-0.39, 0.29) is 11.8 Å². The molecule has 0 saturated carbocycles. The Balaban J connectivity index is 1.98. The number of carbonyl (C=O) groups is 2. The van der Waals surface area contributed by atoms with Crippen LogP contribution in [0, 0.1) is 11.8 Å². The summed E-state index contributed by atoms with van der Waals surface area (Å²) in [6.45, 7) is 4.24. The lowest BCUT2D eigenvalue weighted by molar-refractivity contribution is -0.130. The van der Waals surface area contributed by atoms with Crippen molar-refractivity contribution in [3.05, 3.63) is 21.9 Å². The molecule has 0 bridgehead atoms. The lowest BCUT2D eigenvalue weighted by Gasteiger charge is -2.34. The van der Waals surface area contributed by atoms with Gasteiger partial charge in [0.2, 0.25) is 5.91 Å². The van der Waals surface area contributed by atoms with Crippen LogP contribution in [0.4, 0.5) is 0 Å². The van der Waals surface area contributed by atoms with Crippen LogP contribution >= 0.6 is 11.3 Å². The fourth-order valence-electron chi connectivity index (χ4n) is 2.06. The van der Waals surface area contributed by atoms with Gasteiger partial charge in [0.15, 0.2) is 0 Å². The average Bonchev–Trinajstić information content (AvgIpc) is 2.93. The number of carbonyl (C=O) groups excluding carboxylic acids is 2. The van der Waals surface area contributed by atoms with Gasteiger partial charge in [0.05, 0.1) is 17.0 Å². The maximum absolute atomic E-state index is 12.3. The zero-order chi connectivity index (χ0) is 14.5. The van der Waals surface area contributed by atoms with Gasteiger partial charge in [0, 0.05) is 38.5 Å². The minimum absolute atomic E-state index is 0.00486. The molecule has 1 fully saturated rings. The normalized spacial score (nSPS) is 14.7. The summed E-state index contributed by atoms with van der Waals surface area (Å²) < 4.78 is 0. The molecule has 1 saturated heterocycles. The van der Waals surface area contributed by atoms with Crippen LogP contribution in [0.25, 0.3) is 0 Å². The highest BCUT2D eigenvalue weighted by Crippen LogP contribution is 2.16. The van der Waals surface area contributed by atoms with Crippen LogP contribution in [0.2, 0.25) is 0 Å². The highest BCUT2D eigenvalue weighted by Gasteiger charge is 2.23. The van der Waals surface area contributed by atoms with Crippen LogP contribution < -0.4 is 5.73 Å². The molecule has 1 aliphatic heterocycles. The molecule has 0 spiro atoms. The Morgan fingerprint density at radius 2 is 1.95 bits per heavy atom. The van der Waals surface area contributed by atoms with Gasteiger partial charge < -0.3 is 15.5 Å². The Labute approximate surface area is 122 Å². The van der Waals surface area contributed by atoms with Crippen molar-refractivity contribution in [2.75, 3.05) is 32.7 Å². The molecule has 1 aromatic rings. The third-order valence-electron chi connectivity index (χ3n) is 3.17. The summed E-state index contributed by atoms with van der Waals surface area (Å²) in [6.07, 6.45) is 0. The maximum Gasteiger partial charge on any atom is 0.254 e. The van der Waals surface area contributed by atoms with E-state index in [4.69, 9.17) is 5.73 Å². The monoisotopic (exact) mass is 291 g/mol. The lowest BCUT2D eigenvalue weighted by atomic mass is 10.2. The molecule has 2 amide bonds. The number of hydrogen-bond acceptors (Lipinski definition) is 4. The van der Waals surface area contributed by atoms with Gasteiger partial charge >= 0.3 is 0 Å². The molecule has 0 atom stereocenters. The molecule has 106 valence electrons. The summed E-state index contributed by atoms with van der Waals surface area (Å²) >= 11 is 1.45. The lowest BCUT2D eigenvalue weighted by Crippen LogP contribution is -2.50. The van der Waals surface area contributed by atoms with Crippen molar-refractivity contribution < 1.29 is 9.59 Å². The zero-order valence-electron chi connectivity index (χ0n) is 11.4. The van der Waals surface area contributed by atoms with Crippen molar-refractivity contribution in [1.29, 1.82) is 0 Å². The highest BCUT2D eigenvalue weighted by molar-refractivity contribution is 7.10. The van der Waals surface area contributed by atoms with Gasteiger partial charge in [-0.1, -0.05) is 11.8 Å². The number of nitrogens with two attached hydrogens (primary N) is 1. The second-order valence-corrected chi connectivity index (χ2v) is 5.42. The van der Waals surface area contributed by atoms with Gasteiger partial charge in [-0.3, -0.25) is 9.59 Å². The molecule has 20 heavy (non-hydrogen) atoms. The Morgan fingerprint density at radius 1 is 1.30 bits per heavy atom. The zero-order valence-corrected chi connectivity index (χ0v) is 12.2. The third-order valence-corrected chi connectivity index (χ3v) is 4.02. The minimum atomic E-state index is 0.00486. The number of hydrogen-bond donors (Lipinski definition) is 1. The van der Waals surface area contributed by atoms with Gasteiger partial charge in [-0.15, -0.1) is 11.3 Å². The molecule has 0 radical (unpaired) electrons. The topological polar surface area (TPSA) is 66.6 Å². The Morgan fingerprint density at radius 3 is 2.55 bits per heavy atom. The van der Waals surface area contributed by atoms with E-state index in [1.54, 1.807) is 22.8 Å². The van der Waals surface area contributed by atoms with Crippen LogP contribution in [-0.2, 0) is 4.79 Å². The molecule has 1 aliphatic rings. The Bertz CT molecular complexity index is 562. The molecular weight excluding hydrogens is 274 g/mol. The second kappa shape index (κ2) is 6.55. The summed E-state index contributed by atoms with van der Waals surface area (Å²) in [4.78, 5) is 28.0. The minimum Gasteiger partial charge on any atom is -0.339 e. The fraction of sp³-hybridized carbons (Fsp3) is 0.429. The number of thiophene rings is 1. The maximum atomic E-state index is 12.3. The summed E-state index contributed by atoms with van der Waals surface area (Å²) in [5, 5.41) is 1.82. The SMILES string of the molecule is CC(=O)N1CCN(C(=O)c2csc(C#CCN)c2)CC1. The first-order chi connectivity index (χ1) is 9.61. The average molecular weight is 291 g/mol. The predicted molar refractivity (Wildman–Crippen MR) is 78.4 cm³/mol. The first-order valence-electron chi connectivity index (χ1n) is 6.44. The molecule has 0 aromatic carbocycles. The molecule has 2 heterocycles. The van der Waals surface area contributed by atoms with Crippen LogP contribution in [0.3, 0.4) is 0 Å². The van der Waals surface area contributed by atoms with Crippen molar-refractivity contribution in [2.24, 2.45) is 5.73 Å². The van der Waals surface area contributed by atoms with Crippen LogP contribution in [0.5, 0.6) is 0 Å². The smallest absolute Gasteiger partial charge is 0.254 e. The summed E-state index contributed by atoms with van der Waals surface area (Å²) in [6, 6.07) is 1.80. The van der Waals surface area contributed by atoms with Crippen molar-refractivity contribution in [3.63, 3.8) is 0 Å². The van der Waals surface area contributed by atoms with Crippen molar-refractivity contribution in [1.82, 2.24) is 9.80 Å². The van der Waals surface area contributed by atoms with E-state index >= 15 is 0 Å². The van der Waals surface area contributed by atoms with Crippen molar-refractivity contribution >= 4 is 23.2 Å².